The van der Waals surface area contributed by atoms with Crippen LogP contribution >= 0.6 is 0 Å². The summed E-state index contributed by atoms with van der Waals surface area (Å²) in [5, 5.41) is 9.37. The summed E-state index contributed by atoms with van der Waals surface area (Å²) in [6.07, 6.45) is 7.39. The maximum Gasteiger partial charge on any atom is 0.0859 e. The van der Waals surface area contributed by atoms with Gasteiger partial charge in [-0.2, -0.15) is 5.26 Å². The Morgan fingerprint density at radius 3 is 2.73 bits per heavy atom. The van der Waals surface area contributed by atoms with E-state index in [1.54, 1.807) is 0 Å². The minimum atomic E-state index is -0.127. The van der Waals surface area contributed by atoms with Gasteiger partial charge in [-0.3, -0.25) is 0 Å². The first-order valence-corrected chi connectivity index (χ1v) is 6.23. The normalized spacial score (nSPS) is 38.5. The van der Waals surface area contributed by atoms with Crippen molar-refractivity contribution in [1.82, 2.24) is 0 Å². The van der Waals surface area contributed by atoms with Crippen LogP contribution in [0.15, 0.2) is 0 Å². The van der Waals surface area contributed by atoms with Gasteiger partial charge in [0.1, 0.15) is 0 Å². The van der Waals surface area contributed by atoms with Crippen LogP contribution in [0.5, 0.6) is 0 Å². The molecule has 2 rings (SSSR count). The van der Waals surface area contributed by atoms with Gasteiger partial charge in [-0.25, -0.2) is 0 Å². The number of hydrogen-bond donors (Lipinski definition) is 0. The van der Waals surface area contributed by atoms with Gasteiger partial charge in [-0.05, 0) is 31.6 Å². The summed E-state index contributed by atoms with van der Waals surface area (Å²) in [6, 6.07) is 2.56. The van der Waals surface area contributed by atoms with E-state index in [4.69, 9.17) is 4.74 Å². The smallest absolute Gasteiger partial charge is 0.0859 e. The van der Waals surface area contributed by atoms with Crippen LogP contribution < -0.4 is 0 Å². The maximum atomic E-state index is 9.37. The van der Waals surface area contributed by atoms with E-state index in [0.29, 0.717) is 6.10 Å². The molecule has 0 saturated carbocycles. The number of nitrogens with zero attached hydrogens (tertiary/aromatic N) is 1. The monoisotopic (exact) mass is 207 g/mol. The second-order valence-electron chi connectivity index (χ2n) is 5.58. The van der Waals surface area contributed by atoms with E-state index in [1.807, 2.05) is 0 Å². The summed E-state index contributed by atoms with van der Waals surface area (Å²) in [7, 11) is 0. The van der Waals surface area contributed by atoms with Crippen molar-refractivity contribution in [3.63, 3.8) is 0 Å². The van der Waals surface area contributed by atoms with Crippen molar-refractivity contribution in [1.29, 1.82) is 5.26 Å². The summed E-state index contributed by atoms with van der Waals surface area (Å²) in [6.45, 7) is 4.49. The molecule has 0 aromatic rings. The molecule has 0 aromatic heterocycles. The van der Waals surface area contributed by atoms with Crippen LogP contribution in [-0.2, 0) is 4.74 Å². The average Bonchev–Trinajstić information content (AvgIpc) is 2.77. The van der Waals surface area contributed by atoms with Gasteiger partial charge in [0.25, 0.3) is 0 Å². The Hall–Kier alpha value is -0.550. The molecule has 2 fully saturated rings. The van der Waals surface area contributed by atoms with E-state index in [9.17, 15) is 5.26 Å². The molecule has 2 bridgehead atoms. The third-order valence-corrected chi connectivity index (χ3v) is 3.94. The topological polar surface area (TPSA) is 33.0 Å². The van der Waals surface area contributed by atoms with Crippen molar-refractivity contribution < 1.29 is 4.74 Å². The zero-order valence-electron chi connectivity index (χ0n) is 9.83. The average molecular weight is 207 g/mol. The predicted octanol–water partition coefficient (Wildman–Crippen LogP) is 3.27. The van der Waals surface area contributed by atoms with Crippen molar-refractivity contribution in [3.05, 3.63) is 0 Å². The lowest BCUT2D eigenvalue weighted by atomic mass is 9.71. The highest BCUT2D eigenvalue weighted by Crippen LogP contribution is 2.50. The summed E-state index contributed by atoms with van der Waals surface area (Å²) in [4.78, 5) is 0. The van der Waals surface area contributed by atoms with Crippen LogP contribution in [0.3, 0.4) is 0 Å². The Morgan fingerprint density at radius 2 is 2.27 bits per heavy atom. The molecule has 2 saturated heterocycles. The third-order valence-electron chi connectivity index (χ3n) is 3.94. The van der Waals surface area contributed by atoms with Crippen molar-refractivity contribution in [2.75, 3.05) is 0 Å². The lowest BCUT2D eigenvalue weighted by molar-refractivity contribution is 0.0753. The molecule has 0 amide bonds. The highest BCUT2D eigenvalue weighted by atomic mass is 16.5. The number of fused-ring (bicyclic) bond motifs is 2. The molecule has 2 nitrogen and oxygen atoms in total. The van der Waals surface area contributed by atoms with Crippen LogP contribution in [-0.4, -0.2) is 12.2 Å². The molecule has 0 radical (unpaired) electrons. The molecule has 0 spiro atoms. The molecule has 2 heterocycles. The van der Waals surface area contributed by atoms with Crippen LogP contribution in [0.1, 0.15) is 52.4 Å². The minimum absolute atomic E-state index is 0.127. The summed E-state index contributed by atoms with van der Waals surface area (Å²) >= 11 is 0. The summed E-state index contributed by atoms with van der Waals surface area (Å²) in [5.74, 6) is 0.750. The van der Waals surface area contributed by atoms with E-state index >= 15 is 0 Å². The highest BCUT2D eigenvalue weighted by Gasteiger charge is 2.52. The molecule has 3 atom stereocenters. The van der Waals surface area contributed by atoms with E-state index in [0.717, 1.165) is 25.2 Å². The number of rotatable bonds is 4. The molecular weight excluding hydrogens is 186 g/mol. The van der Waals surface area contributed by atoms with Gasteiger partial charge in [0.15, 0.2) is 0 Å². The van der Waals surface area contributed by atoms with Crippen molar-refractivity contribution >= 4 is 0 Å². The fourth-order valence-electron chi connectivity index (χ4n) is 3.06. The Morgan fingerprint density at radius 1 is 1.47 bits per heavy atom. The van der Waals surface area contributed by atoms with Gasteiger partial charge >= 0.3 is 0 Å². The Labute approximate surface area is 92.6 Å². The first kappa shape index (κ1) is 11.0. The second-order valence-corrected chi connectivity index (χ2v) is 5.58. The van der Waals surface area contributed by atoms with Crippen LogP contribution in [0.2, 0.25) is 0 Å². The maximum absolute atomic E-state index is 9.37. The zero-order valence-corrected chi connectivity index (χ0v) is 9.83. The van der Waals surface area contributed by atoms with Crippen LogP contribution in [0, 0.1) is 22.7 Å². The van der Waals surface area contributed by atoms with E-state index in [1.165, 1.54) is 19.3 Å². The third kappa shape index (κ3) is 2.03. The fraction of sp³-hybridized carbons (Fsp3) is 0.923. The second kappa shape index (κ2) is 4.14. The largest absolute Gasteiger partial charge is 0.373 e. The summed E-state index contributed by atoms with van der Waals surface area (Å²) in [5.41, 5.74) is -0.127. The first-order chi connectivity index (χ1) is 7.16. The SMILES string of the molecule is CC(C)CCCC1(C#N)CC2CCC1O2. The molecule has 0 N–H and O–H groups in total. The van der Waals surface area contributed by atoms with Gasteiger partial charge < -0.3 is 4.74 Å². The molecule has 3 unspecified atom stereocenters. The lowest BCUT2D eigenvalue weighted by Gasteiger charge is -2.28. The number of hydrogen-bond acceptors (Lipinski definition) is 2. The summed E-state index contributed by atoms with van der Waals surface area (Å²) < 4.78 is 5.81. The van der Waals surface area contributed by atoms with E-state index in [-0.39, 0.29) is 11.5 Å². The van der Waals surface area contributed by atoms with Crippen molar-refractivity contribution in [2.24, 2.45) is 11.3 Å². The predicted molar refractivity (Wildman–Crippen MR) is 59.2 cm³/mol. The minimum Gasteiger partial charge on any atom is -0.373 e. The van der Waals surface area contributed by atoms with Gasteiger partial charge in [-0.15, -0.1) is 0 Å². The van der Waals surface area contributed by atoms with E-state index in [2.05, 4.69) is 19.9 Å². The molecule has 2 aliphatic rings. The van der Waals surface area contributed by atoms with Gasteiger partial charge in [0.2, 0.25) is 0 Å². The lowest BCUT2D eigenvalue weighted by Crippen LogP contribution is -2.30. The van der Waals surface area contributed by atoms with Crippen molar-refractivity contribution in [3.8, 4) is 6.07 Å². The number of ether oxygens (including phenoxy) is 1. The molecule has 15 heavy (non-hydrogen) atoms. The molecule has 2 aliphatic heterocycles. The number of nitriles is 1. The molecule has 2 heteroatoms. The zero-order chi connectivity index (χ0) is 10.9. The fourth-order valence-corrected chi connectivity index (χ4v) is 3.06. The highest BCUT2D eigenvalue weighted by molar-refractivity contribution is 5.12. The standard InChI is InChI=1S/C13H21NO/c1-10(2)4-3-7-13(9-14)8-11-5-6-12(13)15-11/h10-12H,3-8H2,1-2H3. The Balaban J connectivity index is 1.90. The molecular formula is C13H21NO. The Bertz CT molecular complexity index is 268. The Kier molecular flexibility index (Phi) is 3.02. The van der Waals surface area contributed by atoms with Gasteiger partial charge in [-0.1, -0.05) is 26.7 Å². The van der Waals surface area contributed by atoms with Gasteiger partial charge in [0.05, 0.1) is 23.7 Å². The van der Waals surface area contributed by atoms with E-state index < -0.39 is 0 Å². The van der Waals surface area contributed by atoms with Crippen LogP contribution in [0.4, 0.5) is 0 Å². The molecule has 0 aliphatic carbocycles. The quantitative estimate of drug-likeness (QED) is 0.708. The van der Waals surface area contributed by atoms with Crippen molar-refractivity contribution in [2.45, 2.75) is 64.6 Å². The molecule has 0 aromatic carbocycles. The van der Waals surface area contributed by atoms with Gasteiger partial charge in [0, 0.05) is 0 Å². The molecule has 84 valence electrons. The first-order valence-electron chi connectivity index (χ1n) is 6.23. The van der Waals surface area contributed by atoms with Crippen LogP contribution in [0.25, 0.3) is 0 Å².